The molecule has 104 valence electrons. The minimum atomic E-state index is -0.330. The second-order valence-corrected chi connectivity index (χ2v) is 5.15. The van der Waals surface area contributed by atoms with Crippen LogP contribution < -0.4 is 10.1 Å². The molecular formula is C14H10Cl3NO2. The first kappa shape index (κ1) is 15.0. The van der Waals surface area contributed by atoms with Crippen LogP contribution in [-0.2, 0) is 4.79 Å². The van der Waals surface area contributed by atoms with Crippen LogP contribution in [0.3, 0.4) is 0 Å². The van der Waals surface area contributed by atoms with Crippen molar-refractivity contribution in [2.24, 2.45) is 0 Å². The summed E-state index contributed by atoms with van der Waals surface area (Å²) in [5.74, 6) is -0.0414. The molecule has 0 aromatic heterocycles. The van der Waals surface area contributed by atoms with Gasteiger partial charge in [-0.05, 0) is 30.3 Å². The number of ether oxygens (including phenoxy) is 1. The van der Waals surface area contributed by atoms with Crippen molar-refractivity contribution in [3.63, 3.8) is 0 Å². The normalized spacial score (nSPS) is 10.2. The molecule has 3 nitrogen and oxygen atoms in total. The molecule has 2 aromatic rings. The van der Waals surface area contributed by atoms with E-state index in [1.54, 1.807) is 42.5 Å². The zero-order valence-corrected chi connectivity index (χ0v) is 12.5. The van der Waals surface area contributed by atoms with Crippen LogP contribution in [-0.4, -0.2) is 12.5 Å². The zero-order valence-electron chi connectivity index (χ0n) is 10.2. The summed E-state index contributed by atoms with van der Waals surface area (Å²) in [6.07, 6.45) is 0. The third kappa shape index (κ3) is 4.04. The molecule has 0 unspecified atom stereocenters. The molecule has 2 rings (SSSR count). The summed E-state index contributed by atoms with van der Waals surface area (Å²) in [7, 11) is 0. The summed E-state index contributed by atoms with van der Waals surface area (Å²) >= 11 is 17.7. The molecule has 0 aliphatic rings. The third-order valence-electron chi connectivity index (χ3n) is 2.37. The molecule has 0 radical (unpaired) electrons. The van der Waals surface area contributed by atoms with Gasteiger partial charge in [-0.2, -0.15) is 0 Å². The van der Waals surface area contributed by atoms with Crippen LogP contribution in [0.25, 0.3) is 0 Å². The highest BCUT2D eigenvalue weighted by molar-refractivity contribution is 6.37. The lowest BCUT2D eigenvalue weighted by molar-refractivity contribution is -0.118. The minimum Gasteiger partial charge on any atom is -0.481 e. The molecule has 0 bridgehead atoms. The lowest BCUT2D eigenvalue weighted by Gasteiger charge is -2.10. The Morgan fingerprint density at radius 3 is 2.35 bits per heavy atom. The summed E-state index contributed by atoms with van der Waals surface area (Å²) in [5.41, 5.74) is 0.594. The largest absolute Gasteiger partial charge is 0.481 e. The Kier molecular flexibility index (Phi) is 5.12. The van der Waals surface area contributed by atoms with E-state index in [0.29, 0.717) is 20.8 Å². The van der Waals surface area contributed by atoms with Gasteiger partial charge in [0, 0.05) is 10.7 Å². The average molecular weight is 331 g/mol. The molecule has 1 N–H and O–H groups in total. The van der Waals surface area contributed by atoms with Crippen LogP contribution in [0.4, 0.5) is 5.69 Å². The fourth-order valence-electron chi connectivity index (χ4n) is 1.52. The molecule has 0 heterocycles. The number of para-hydroxylation sites is 1. The quantitative estimate of drug-likeness (QED) is 0.885. The van der Waals surface area contributed by atoms with Crippen LogP contribution in [0.1, 0.15) is 0 Å². The summed E-state index contributed by atoms with van der Waals surface area (Å²) in [5, 5.41) is 3.91. The van der Waals surface area contributed by atoms with Gasteiger partial charge in [-0.3, -0.25) is 4.79 Å². The van der Waals surface area contributed by atoms with E-state index < -0.39 is 0 Å². The molecular weight excluding hydrogens is 321 g/mol. The highest BCUT2D eigenvalue weighted by Crippen LogP contribution is 2.32. The van der Waals surface area contributed by atoms with Crippen molar-refractivity contribution in [2.45, 2.75) is 0 Å². The Morgan fingerprint density at radius 1 is 1.05 bits per heavy atom. The van der Waals surface area contributed by atoms with E-state index in [1.807, 2.05) is 0 Å². The van der Waals surface area contributed by atoms with Crippen molar-refractivity contribution >= 4 is 46.4 Å². The van der Waals surface area contributed by atoms with Gasteiger partial charge in [0.2, 0.25) is 0 Å². The number of benzene rings is 2. The molecule has 2 aromatic carbocycles. The predicted octanol–water partition coefficient (Wildman–Crippen LogP) is 4.66. The predicted molar refractivity (Wildman–Crippen MR) is 82.0 cm³/mol. The Balaban J connectivity index is 1.96. The van der Waals surface area contributed by atoms with Crippen molar-refractivity contribution in [3.05, 3.63) is 57.5 Å². The molecule has 20 heavy (non-hydrogen) atoms. The molecule has 0 fully saturated rings. The van der Waals surface area contributed by atoms with Crippen molar-refractivity contribution < 1.29 is 9.53 Å². The number of anilines is 1. The van der Waals surface area contributed by atoms with Crippen molar-refractivity contribution in [1.82, 2.24) is 0 Å². The number of amides is 1. The Bertz CT molecular complexity index is 611. The van der Waals surface area contributed by atoms with Crippen LogP contribution in [0.15, 0.2) is 42.5 Å². The third-order valence-corrected chi connectivity index (χ3v) is 3.21. The Labute approximate surface area is 131 Å². The summed E-state index contributed by atoms with van der Waals surface area (Å²) in [4.78, 5) is 11.8. The van der Waals surface area contributed by atoms with Gasteiger partial charge in [0.1, 0.15) is 0 Å². The first-order valence-electron chi connectivity index (χ1n) is 5.68. The number of halogens is 3. The number of nitrogens with one attached hydrogen (secondary N) is 1. The molecule has 0 aliphatic heterocycles. The molecule has 6 heteroatoms. The highest BCUT2D eigenvalue weighted by Gasteiger charge is 2.09. The second-order valence-electron chi connectivity index (χ2n) is 3.90. The van der Waals surface area contributed by atoms with Gasteiger partial charge in [-0.1, -0.05) is 46.9 Å². The SMILES string of the molecule is O=C(COc1c(Cl)cccc1Cl)Nc1cccc(Cl)c1. The van der Waals surface area contributed by atoms with E-state index in [9.17, 15) is 4.79 Å². The first-order valence-corrected chi connectivity index (χ1v) is 6.82. The lowest BCUT2D eigenvalue weighted by Crippen LogP contribution is -2.20. The summed E-state index contributed by atoms with van der Waals surface area (Å²) in [6.45, 7) is -0.198. The fraction of sp³-hybridized carbons (Fsp3) is 0.0714. The van der Waals surface area contributed by atoms with Gasteiger partial charge >= 0.3 is 0 Å². The summed E-state index contributed by atoms with van der Waals surface area (Å²) in [6, 6.07) is 11.8. The Hall–Kier alpha value is -1.42. The molecule has 0 atom stereocenters. The van der Waals surface area contributed by atoms with Crippen molar-refractivity contribution in [2.75, 3.05) is 11.9 Å². The maximum atomic E-state index is 11.8. The second kappa shape index (κ2) is 6.84. The topological polar surface area (TPSA) is 38.3 Å². The average Bonchev–Trinajstić information content (AvgIpc) is 2.38. The summed E-state index contributed by atoms with van der Waals surface area (Å²) < 4.78 is 5.32. The zero-order chi connectivity index (χ0) is 14.5. The van der Waals surface area contributed by atoms with Gasteiger partial charge in [0.05, 0.1) is 10.0 Å². The van der Waals surface area contributed by atoms with Gasteiger partial charge in [0.15, 0.2) is 12.4 Å². The standard InChI is InChI=1S/C14H10Cl3NO2/c15-9-3-1-4-10(7-9)18-13(19)8-20-14-11(16)5-2-6-12(14)17/h1-7H,8H2,(H,18,19). The maximum absolute atomic E-state index is 11.8. The van der Waals surface area contributed by atoms with Crippen LogP contribution >= 0.6 is 34.8 Å². The van der Waals surface area contributed by atoms with Gasteiger partial charge in [0.25, 0.3) is 5.91 Å². The number of carbonyl (C=O) groups excluding carboxylic acids is 1. The van der Waals surface area contributed by atoms with E-state index in [1.165, 1.54) is 0 Å². The van der Waals surface area contributed by atoms with Crippen molar-refractivity contribution in [1.29, 1.82) is 0 Å². The van der Waals surface area contributed by atoms with E-state index in [-0.39, 0.29) is 18.3 Å². The van der Waals surface area contributed by atoms with Crippen LogP contribution in [0.5, 0.6) is 5.75 Å². The van der Waals surface area contributed by atoms with E-state index in [0.717, 1.165) is 0 Å². The monoisotopic (exact) mass is 329 g/mol. The first-order chi connectivity index (χ1) is 9.56. The molecule has 0 saturated heterocycles. The minimum absolute atomic E-state index is 0.198. The number of rotatable bonds is 4. The molecule has 1 amide bonds. The number of carbonyl (C=O) groups is 1. The smallest absolute Gasteiger partial charge is 0.262 e. The van der Waals surface area contributed by atoms with Crippen molar-refractivity contribution in [3.8, 4) is 5.75 Å². The molecule has 0 aliphatic carbocycles. The Morgan fingerprint density at radius 2 is 1.70 bits per heavy atom. The molecule has 0 saturated carbocycles. The highest BCUT2D eigenvalue weighted by atomic mass is 35.5. The maximum Gasteiger partial charge on any atom is 0.262 e. The van der Waals surface area contributed by atoms with Gasteiger partial charge < -0.3 is 10.1 Å². The van der Waals surface area contributed by atoms with E-state index in [2.05, 4.69) is 5.32 Å². The number of hydrogen-bond donors (Lipinski definition) is 1. The van der Waals surface area contributed by atoms with Gasteiger partial charge in [-0.15, -0.1) is 0 Å². The lowest BCUT2D eigenvalue weighted by atomic mass is 10.3. The fourth-order valence-corrected chi connectivity index (χ4v) is 2.22. The van der Waals surface area contributed by atoms with Crippen LogP contribution in [0, 0.1) is 0 Å². The van der Waals surface area contributed by atoms with Gasteiger partial charge in [-0.25, -0.2) is 0 Å². The number of hydrogen-bond acceptors (Lipinski definition) is 2. The van der Waals surface area contributed by atoms with E-state index >= 15 is 0 Å². The van der Waals surface area contributed by atoms with E-state index in [4.69, 9.17) is 39.5 Å². The molecule has 0 spiro atoms. The van der Waals surface area contributed by atoms with Crippen LogP contribution in [0.2, 0.25) is 15.1 Å².